The van der Waals surface area contributed by atoms with Crippen LogP contribution in [0.1, 0.15) is 12.8 Å². The predicted octanol–water partition coefficient (Wildman–Crippen LogP) is 4.07. The number of fused-ring (bicyclic) bond motifs is 1. The molecule has 6 nitrogen and oxygen atoms in total. The molecular weight excluding hydrogens is 418 g/mol. The lowest BCUT2D eigenvalue weighted by Crippen LogP contribution is -2.38. The number of nitrogens with zero attached hydrogens (tertiary/aromatic N) is 5. The van der Waals surface area contributed by atoms with Crippen LogP contribution in [-0.2, 0) is 7.05 Å². The van der Waals surface area contributed by atoms with Gasteiger partial charge in [-0.2, -0.15) is 5.10 Å². The van der Waals surface area contributed by atoms with Crippen LogP contribution in [0.5, 0.6) is 5.75 Å². The van der Waals surface area contributed by atoms with Gasteiger partial charge in [0.25, 0.3) is 0 Å². The van der Waals surface area contributed by atoms with Gasteiger partial charge in [-0.15, -0.1) is 0 Å². The number of hydrogen-bond acceptors (Lipinski definition) is 5. The van der Waals surface area contributed by atoms with Crippen LogP contribution in [0.4, 0.5) is 5.82 Å². The van der Waals surface area contributed by atoms with E-state index in [4.69, 9.17) is 16.3 Å². The number of benzene rings is 1. The summed E-state index contributed by atoms with van der Waals surface area (Å²) in [5.41, 5.74) is 0.830. The number of ether oxygens (including phenoxy) is 1. The van der Waals surface area contributed by atoms with E-state index in [1.54, 1.807) is 11.0 Å². The van der Waals surface area contributed by atoms with Crippen LogP contribution in [0.25, 0.3) is 11.0 Å². The highest BCUT2D eigenvalue weighted by Crippen LogP contribution is 2.32. The average molecular weight is 437 g/mol. The minimum Gasteiger partial charge on any atom is -0.492 e. The maximum atomic E-state index is 6.18. The number of anilines is 1. The van der Waals surface area contributed by atoms with E-state index < -0.39 is 0 Å². The van der Waals surface area contributed by atoms with E-state index in [1.807, 2.05) is 31.3 Å². The summed E-state index contributed by atoms with van der Waals surface area (Å²) in [5.74, 6) is 2.09. The first-order chi connectivity index (χ1) is 12.6. The summed E-state index contributed by atoms with van der Waals surface area (Å²) >= 11 is 9.73. The molecule has 8 heteroatoms. The molecule has 0 amide bonds. The van der Waals surface area contributed by atoms with Gasteiger partial charge in [0.15, 0.2) is 5.65 Å². The van der Waals surface area contributed by atoms with Gasteiger partial charge in [-0.1, -0.05) is 23.7 Å². The van der Waals surface area contributed by atoms with E-state index in [1.165, 1.54) is 0 Å². The number of rotatable bonds is 4. The quantitative estimate of drug-likeness (QED) is 0.617. The maximum Gasteiger partial charge on any atom is 0.164 e. The van der Waals surface area contributed by atoms with Crippen molar-refractivity contribution in [1.82, 2.24) is 19.7 Å². The molecule has 26 heavy (non-hydrogen) atoms. The van der Waals surface area contributed by atoms with Crippen LogP contribution in [0.2, 0.25) is 5.02 Å². The molecule has 1 atom stereocenters. The van der Waals surface area contributed by atoms with E-state index in [0.717, 1.165) is 53.1 Å². The Balaban J connectivity index is 1.52. The zero-order valence-corrected chi connectivity index (χ0v) is 16.7. The lowest BCUT2D eigenvalue weighted by atomic mass is 9.99. The Bertz CT molecular complexity index is 931. The van der Waals surface area contributed by atoms with Crippen molar-refractivity contribution in [3.8, 4) is 5.75 Å². The molecule has 1 unspecified atom stereocenters. The minimum atomic E-state index is 0.417. The van der Waals surface area contributed by atoms with Gasteiger partial charge in [-0.05, 0) is 40.9 Å². The number of hydrogen-bond donors (Lipinski definition) is 0. The van der Waals surface area contributed by atoms with Crippen molar-refractivity contribution in [3.63, 3.8) is 0 Å². The molecule has 1 fully saturated rings. The lowest BCUT2D eigenvalue weighted by Gasteiger charge is -2.33. The second-order valence-electron chi connectivity index (χ2n) is 6.51. The average Bonchev–Trinajstić information content (AvgIpc) is 2.96. The molecule has 0 radical (unpaired) electrons. The predicted molar refractivity (Wildman–Crippen MR) is 106 cm³/mol. The topological polar surface area (TPSA) is 56.1 Å². The van der Waals surface area contributed by atoms with Crippen molar-refractivity contribution in [2.75, 3.05) is 24.6 Å². The maximum absolute atomic E-state index is 6.18. The molecule has 0 saturated carbocycles. The lowest BCUT2D eigenvalue weighted by molar-refractivity contribution is 0.229. The Kier molecular flexibility index (Phi) is 5.00. The third kappa shape index (κ3) is 3.38. The Morgan fingerprint density at radius 3 is 3.00 bits per heavy atom. The molecule has 3 aromatic rings. The SMILES string of the molecule is Cn1nc(Br)c2c(N3CCCC(COc4ccccc4Cl)C3)ncnc21. The van der Waals surface area contributed by atoms with Crippen LogP contribution in [0.3, 0.4) is 0 Å². The van der Waals surface area contributed by atoms with Crippen LogP contribution >= 0.6 is 27.5 Å². The number of aromatic nitrogens is 4. The fraction of sp³-hybridized carbons (Fsp3) is 0.389. The molecule has 4 rings (SSSR count). The first kappa shape index (κ1) is 17.5. The van der Waals surface area contributed by atoms with Gasteiger partial charge in [0.2, 0.25) is 0 Å². The highest BCUT2D eigenvalue weighted by molar-refractivity contribution is 9.10. The van der Waals surface area contributed by atoms with Gasteiger partial charge in [0.05, 0.1) is 17.0 Å². The Labute approximate surface area is 165 Å². The zero-order valence-electron chi connectivity index (χ0n) is 14.4. The fourth-order valence-corrected chi connectivity index (χ4v) is 4.21. The van der Waals surface area contributed by atoms with Crippen molar-refractivity contribution in [2.24, 2.45) is 13.0 Å². The van der Waals surface area contributed by atoms with Crippen LogP contribution in [-0.4, -0.2) is 39.4 Å². The van der Waals surface area contributed by atoms with E-state index >= 15 is 0 Å². The first-order valence-electron chi connectivity index (χ1n) is 8.59. The molecule has 0 spiro atoms. The Morgan fingerprint density at radius 1 is 1.31 bits per heavy atom. The standard InChI is InChI=1S/C18H19BrClN5O/c1-24-17-15(16(19)23-24)18(22-11-21-17)25-8-4-5-12(9-25)10-26-14-7-3-2-6-13(14)20/h2-3,6-7,11-12H,4-5,8-10H2,1H3. The van der Waals surface area contributed by atoms with Crippen LogP contribution in [0.15, 0.2) is 35.2 Å². The minimum absolute atomic E-state index is 0.417. The van der Waals surface area contributed by atoms with Gasteiger partial charge in [-0.25, -0.2) is 14.6 Å². The summed E-state index contributed by atoms with van der Waals surface area (Å²) in [4.78, 5) is 11.2. The molecule has 1 aromatic carbocycles. The number of aryl methyl sites for hydroxylation is 1. The van der Waals surface area contributed by atoms with Crippen molar-refractivity contribution in [1.29, 1.82) is 0 Å². The van der Waals surface area contributed by atoms with Crippen molar-refractivity contribution in [2.45, 2.75) is 12.8 Å². The highest BCUT2D eigenvalue weighted by Gasteiger charge is 2.25. The van der Waals surface area contributed by atoms with Gasteiger partial charge in [0.1, 0.15) is 22.5 Å². The van der Waals surface area contributed by atoms with Gasteiger partial charge >= 0.3 is 0 Å². The Morgan fingerprint density at radius 2 is 2.15 bits per heavy atom. The van der Waals surface area contributed by atoms with Gasteiger partial charge in [0, 0.05) is 26.1 Å². The van der Waals surface area contributed by atoms with Crippen LogP contribution < -0.4 is 9.64 Å². The fourth-order valence-electron chi connectivity index (χ4n) is 3.43. The molecule has 2 aromatic heterocycles. The van der Waals surface area contributed by atoms with Crippen LogP contribution in [0, 0.1) is 5.92 Å². The molecule has 0 bridgehead atoms. The molecule has 1 aliphatic rings. The summed E-state index contributed by atoms with van der Waals surface area (Å²) in [6, 6.07) is 7.60. The zero-order chi connectivity index (χ0) is 18.1. The number of halogens is 2. The largest absolute Gasteiger partial charge is 0.492 e. The van der Waals surface area contributed by atoms with E-state index in [9.17, 15) is 0 Å². The Hall–Kier alpha value is -1.86. The van der Waals surface area contributed by atoms with Gasteiger partial charge in [-0.3, -0.25) is 0 Å². The third-order valence-electron chi connectivity index (χ3n) is 4.69. The summed E-state index contributed by atoms with van der Waals surface area (Å²) in [6.07, 6.45) is 3.83. The molecule has 0 N–H and O–H groups in total. The second-order valence-corrected chi connectivity index (χ2v) is 7.66. The molecule has 1 aliphatic heterocycles. The van der Waals surface area contributed by atoms with Crippen molar-refractivity contribution in [3.05, 3.63) is 40.2 Å². The monoisotopic (exact) mass is 435 g/mol. The van der Waals surface area contributed by atoms with E-state index in [0.29, 0.717) is 17.5 Å². The normalized spacial score (nSPS) is 17.7. The van der Waals surface area contributed by atoms with E-state index in [2.05, 4.69) is 35.9 Å². The summed E-state index contributed by atoms with van der Waals surface area (Å²) in [7, 11) is 1.89. The first-order valence-corrected chi connectivity index (χ1v) is 9.76. The van der Waals surface area contributed by atoms with Crippen molar-refractivity contribution < 1.29 is 4.74 Å². The molecule has 136 valence electrons. The number of para-hydroxylation sites is 1. The van der Waals surface area contributed by atoms with Crippen molar-refractivity contribution >= 4 is 44.4 Å². The molecule has 0 aliphatic carbocycles. The smallest absolute Gasteiger partial charge is 0.164 e. The van der Waals surface area contributed by atoms with Gasteiger partial charge < -0.3 is 9.64 Å². The highest BCUT2D eigenvalue weighted by atomic mass is 79.9. The molecule has 1 saturated heterocycles. The second kappa shape index (κ2) is 7.40. The molecular formula is C18H19BrClN5O. The summed E-state index contributed by atoms with van der Waals surface area (Å²) in [6.45, 7) is 2.50. The van der Waals surface area contributed by atoms with E-state index in [-0.39, 0.29) is 0 Å². The summed E-state index contributed by atoms with van der Waals surface area (Å²) in [5, 5.41) is 6.03. The number of piperidine rings is 1. The third-order valence-corrected chi connectivity index (χ3v) is 5.55. The summed E-state index contributed by atoms with van der Waals surface area (Å²) < 4.78 is 8.51. The molecule has 3 heterocycles.